The van der Waals surface area contributed by atoms with Crippen LogP contribution in [0.15, 0.2) is 48.9 Å². The molecule has 3 nitrogen and oxygen atoms in total. The van der Waals surface area contributed by atoms with Gasteiger partial charge in [-0.2, -0.15) is 0 Å². The van der Waals surface area contributed by atoms with Crippen LogP contribution in [0.2, 0.25) is 5.02 Å². The Morgan fingerprint density at radius 3 is 2.78 bits per heavy atom. The van der Waals surface area contributed by atoms with Crippen LogP contribution in [0, 0.1) is 5.92 Å². The molecule has 0 spiro atoms. The van der Waals surface area contributed by atoms with Gasteiger partial charge in [0.15, 0.2) is 5.13 Å². The summed E-state index contributed by atoms with van der Waals surface area (Å²) in [5.41, 5.74) is 3.15. The molecule has 1 aliphatic carbocycles. The van der Waals surface area contributed by atoms with Gasteiger partial charge >= 0.3 is 0 Å². The van der Waals surface area contributed by atoms with Crippen molar-refractivity contribution in [1.29, 1.82) is 0 Å². The summed E-state index contributed by atoms with van der Waals surface area (Å²) in [6.07, 6.45) is 8.29. The van der Waals surface area contributed by atoms with Crippen molar-refractivity contribution in [1.82, 2.24) is 9.97 Å². The number of halogens is 1. The number of hydrogen-bond acceptors (Lipinski definition) is 4. The van der Waals surface area contributed by atoms with E-state index < -0.39 is 0 Å². The van der Waals surface area contributed by atoms with Crippen molar-refractivity contribution in [2.24, 2.45) is 5.92 Å². The van der Waals surface area contributed by atoms with E-state index in [0.29, 0.717) is 0 Å². The smallest absolute Gasteiger partial charge is 0.183 e. The molecule has 3 aromatic rings. The zero-order chi connectivity index (χ0) is 15.6. The molecule has 2 aromatic heterocycles. The molecule has 0 atom stereocenters. The van der Waals surface area contributed by atoms with Gasteiger partial charge in [-0.25, -0.2) is 4.98 Å². The summed E-state index contributed by atoms with van der Waals surface area (Å²) in [5, 5.41) is 5.15. The highest BCUT2D eigenvalue weighted by Gasteiger charge is 2.21. The van der Waals surface area contributed by atoms with Gasteiger partial charge in [-0.3, -0.25) is 4.98 Å². The molecule has 1 fully saturated rings. The number of nitrogens with zero attached hydrogens (tertiary/aromatic N) is 2. The molecule has 2 heterocycles. The molecule has 1 N–H and O–H groups in total. The maximum Gasteiger partial charge on any atom is 0.183 e. The minimum Gasteiger partial charge on any atom is -0.361 e. The van der Waals surface area contributed by atoms with Gasteiger partial charge in [-0.1, -0.05) is 41.1 Å². The second-order valence-electron chi connectivity index (χ2n) is 5.76. The van der Waals surface area contributed by atoms with Crippen molar-refractivity contribution in [3.63, 3.8) is 0 Å². The molecule has 5 heteroatoms. The lowest BCUT2D eigenvalue weighted by molar-refractivity contribution is 0.887. The molecule has 0 unspecified atom stereocenters. The quantitative estimate of drug-likeness (QED) is 0.680. The van der Waals surface area contributed by atoms with Gasteiger partial charge < -0.3 is 5.32 Å². The number of nitrogens with one attached hydrogen (secondary N) is 1. The Morgan fingerprint density at radius 1 is 1.09 bits per heavy atom. The van der Waals surface area contributed by atoms with E-state index in [2.05, 4.69) is 15.3 Å². The van der Waals surface area contributed by atoms with Crippen LogP contribution in [0.25, 0.3) is 21.6 Å². The predicted octanol–water partition coefficient (Wildman–Crippen LogP) is 5.35. The largest absolute Gasteiger partial charge is 0.361 e. The second-order valence-corrected chi connectivity index (χ2v) is 7.19. The number of rotatable bonds is 5. The monoisotopic (exact) mass is 341 g/mol. The Balaban J connectivity index is 1.68. The van der Waals surface area contributed by atoms with Crippen LogP contribution in [0.1, 0.15) is 12.8 Å². The first-order chi connectivity index (χ1) is 11.3. The zero-order valence-electron chi connectivity index (χ0n) is 12.5. The summed E-state index contributed by atoms with van der Waals surface area (Å²) in [6, 6.07) is 9.89. The SMILES string of the molecule is Clc1ccccc1-c1cnccc1-c1cnc(NCC2CC2)s1. The van der Waals surface area contributed by atoms with E-state index in [1.807, 2.05) is 48.9 Å². The highest BCUT2D eigenvalue weighted by Crippen LogP contribution is 2.38. The lowest BCUT2D eigenvalue weighted by Gasteiger charge is -2.08. The molecule has 4 rings (SSSR count). The lowest BCUT2D eigenvalue weighted by Crippen LogP contribution is -2.01. The Labute approximate surface area is 144 Å². The van der Waals surface area contributed by atoms with Crippen LogP contribution in [0.4, 0.5) is 5.13 Å². The Hall–Kier alpha value is -1.91. The molecule has 1 aliphatic rings. The maximum absolute atomic E-state index is 6.36. The highest BCUT2D eigenvalue weighted by atomic mass is 35.5. The van der Waals surface area contributed by atoms with Crippen LogP contribution < -0.4 is 5.32 Å². The summed E-state index contributed by atoms with van der Waals surface area (Å²) in [7, 11) is 0. The molecule has 0 amide bonds. The molecular weight excluding hydrogens is 326 g/mol. The summed E-state index contributed by atoms with van der Waals surface area (Å²) in [6.45, 7) is 1.03. The average molecular weight is 342 g/mol. The normalized spacial score (nSPS) is 14.0. The third kappa shape index (κ3) is 3.23. The van der Waals surface area contributed by atoms with Crippen molar-refractivity contribution in [3.05, 3.63) is 53.9 Å². The standard InChI is InChI=1S/C18H16ClN3S/c19-16-4-2-1-3-13(16)15-10-20-8-7-14(15)17-11-22-18(23-17)21-9-12-5-6-12/h1-4,7-8,10-12H,5-6,9H2,(H,21,22). The fourth-order valence-corrected chi connectivity index (χ4v) is 3.64. The average Bonchev–Trinajstić information content (AvgIpc) is 3.30. The van der Waals surface area contributed by atoms with Gasteiger partial charge in [0.25, 0.3) is 0 Å². The van der Waals surface area contributed by atoms with E-state index in [9.17, 15) is 0 Å². The van der Waals surface area contributed by atoms with E-state index in [-0.39, 0.29) is 0 Å². The summed E-state index contributed by atoms with van der Waals surface area (Å²) >= 11 is 8.04. The molecule has 0 radical (unpaired) electrons. The first kappa shape index (κ1) is 14.7. The van der Waals surface area contributed by atoms with Gasteiger partial charge in [-0.15, -0.1) is 0 Å². The highest BCUT2D eigenvalue weighted by molar-refractivity contribution is 7.18. The van der Waals surface area contributed by atoms with Gasteiger partial charge in [0.2, 0.25) is 0 Å². The van der Waals surface area contributed by atoms with Crippen molar-refractivity contribution >= 4 is 28.1 Å². The fourth-order valence-electron chi connectivity index (χ4n) is 2.54. The third-order valence-electron chi connectivity index (χ3n) is 4.00. The van der Waals surface area contributed by atoms with E-state index in [1.165, 1.54) is 12.8 Å². The summed E-state index contributed by atoms with van der Waals surface area (Å²) in [4.78, 5) is 9.90. The summed E-state index contributed by atoms with van der Waals surface area (Å²) < 4.78 is 0. The molecule has 0 aliphatic heterocycles. The van der Waals surface area contributed by atoms with Gasteiger partial charge in [-0.05, 0) is 30.9 Å². The Bertz CT molecular complexity index is 826. The molecular formula is C18H16ClN3S. The van der Waals surface area contributed by atoms with Crippen molar-refractivity contribution in [3.8, 4) is 21.6 Å². The topological polar surface area (TPSA) is 37.8 Å². The van der Waals surface area contributed by atoms with Crippen LogP contribution in [-0.4, -0.2) is 16.5 Å². The van der Waals surface area contributed by atoms with Crippen LogP contribution >= 0.6 is 22.9 Å². The van der Waals surface area contributed by atoms with Crippen LogP contribution in [0.3, 0.4) is 0 Å². The van der Waals surface area contributed by atoms with Crippen molar-refractivity contribution in [2.45, 2.75) is 12.8 Å². The molecule has 0 saturated heterocycles. The molecule has 0 bridgehead atoms. The number of thiazole rings is 1. The van der Waals surface area contributed by atoms with Crippen molar-refractivity contribution < 1.29 is 0 Å². The third-order valence-corrected chi connectivity index (χ3v) is 5.31. The number of pyridine rings is 1. The number of benzene rings is 1. The number of anilines is 1. The minimum absolute atomic E-state index is 0.735. The molecule has 1 saturated carbocycles. The molecule has 116 valence electrons. The maximum atomic E-state index is 6.36. The van der Waals surface area contributed by atoms with E-state index in [1.54, 1.807) is 11.3 Å². The van der Waals surface area contributed by atoms with Gasteiger partial charge in [0.05, 0.1) is 4.88 Å². The lowest BCUT2D eigenvalue weighted by atomic mass is 10.0. The van der Waals surface area contributed by atoms with Crippen molar-refractivity contribution in [2.75, 3.05) is 11.9 Å². The minimum atomic E-state index is 0.735. The van der Waals surface area contributed by atoms with E-state index in [4.69, 9.17) is 11.6 Å². The predicted molar refractivity (Wildman–Crippen MR) is 97.0 cm³/mol. The number of aromatic nitrogens is 2. The van der Waals surface area contributed by atoms with Gasteiger partial charge in [0, 0.05) is 46.8 Å². The second kappa shape index (κ2) is 6.30. The van der Waals surface area contributed by atoms with Gasteiger partial charge in [0.1, 0.15) is 0 Å². The molecule has 23 heavy (non-hydrogen) atoms. The first-order valence-corrected chi connectivity index (χ1v) is 8.89. The number of hydrogen-bond donors (Lipinski definition) is 1. The van der Waals surface area contributed by atoms with Crippen LogP contribution in [0.5, 0.6) is 0 Å². The Morgan fingerprint density at radius 2 is 1.96 bits per heavy atom. The van der Waals surface area contributed by atoms with E-state index >= 15 is 0 Å². The van der Waals surface area contributed by atoms with Crippen LogP contribution in [-0.2, 0) is 0 Å². The summed E-state index contributed by atoms with van der Waals surface area (Å²) in [5.74, 6) is 0.835. The molecule has 1 aromatic carbocycles. The zero-order valence-corrected chi connectivity index (χ0v) is 14.1. The Kier molecular flexibility index (Phi) is 4.02. The van der Waals surface area contributed by atoms with E-state index in [0.717, 1.165) is 44.2 Å². The fraction of sp³-hybridized carbons (Fsp3) is 0.222. The first-order valence-electron chi connectivity index (χ1n) is 7.70.